The van der Waals surface area contributed by atoms with E-state index in [4.69, 9.17) is 16.3 Å². The van der Waals surface area contributed by atoms with E-state index >= 15 is 0 Å². The number of ether oxygens (including phenoxy) is 1. The first kappa shape index (κ1) is 16.9. The van der Waals surface area contributed by atoms with Gasteiger partial charge in [-0.25, -0.2) is 4.68 Å². The van der Waals surface area contributed by atoms with Gasteiger partial charge in [0.15, 0.2) is 11.5 Å². The molecule has 3 aromatic rings. The summed E-state index contributed by atoms with van der Waals surface area (Å²) in [5.41, 5.74) is 1.13. The molecule has 0 aliphatic rings. The molecule has 0 saturated heterocycles. The van der Waals surface area contributed by atoms with Crippen molar-refractivity contribution in [2.24, 2.45) is 0 Å². The van der Waals surface area contributed by atoms with Crippen molar-refractivity contribution >= 4 is 24.3 Å². The van der Waals surface area contributed by atoms with Crippen molar-refractivity contribution in [3.05, 3.63) is 74.0 Å². The van der Waals surface area contributed by atoms with Crippen molar-refractivity contribution in [3.63, 3.8) is 0 Å². The highest BCUT2D eigenvalue weighted by atomic mass is 35.5. The Bertz CT molecular complexity index is 1070. The molecule has 25 heavy (non-hydrogen) atoms. The molecule has 2 N–H and O–H groups in total. The van der Waals surface area contributed by atoms with Gasteiger partial charge < -0.3 is 9.84 Å². The maximum absolute atomic E-state index is 12.7. The van der Waals surface area contributed by atoms with Crippen molar-refractivity contribution in [3.8, 4) is 17.2 Å². The third-order valence-corrected chi connectivity index (χ3v) is 3.97. The Labute approximate surface area is 149 Å². The molecule has 0 fully saturated rings. The number of phenolic OH excluding ortho intramolecular Hbond substituents is 1. The minimum atomic E-state index is -0.224. The van der Waals surface area contributed by atoms with Gasteiger partial charge in [-0.3, -0.25) is 9.89 Å². The van der Waals surface area contributed by atoms with Crippen LogP contribution in [-0.4, -0.2) is 21.5 Å². The molecule has 0 bridgehead atoms. The molecular weight excluding hydrogens is 340 g/mol. The number of nitrogens with zero attached hydrogens (tertiary/aromatic N) is 1. The van der Waals surface area contributed by atoms with Gasteiger partial charge in [0.05, 0.1) is 27.9 Å². The molecule has 0 aliphatic heterocycles. The first-order valence-corrected chi connectivity index (χ1v) is 8.11. The van der Waals surface area contributed by atoms with Crippen LogP contribution in [0.5, 0.6) is 11.5 Å². The normalized spacial score (nSPS) is 11.7. The van der Waals surface area contributed by atoms with Crippen molar-refractivity contribution in [1.29, 1.82) is 0 Å². The number of hydrogen-bond donors (Lipinski definition) is 2. The van der Waals surface area contributed by atoms with Crippen molar-refractivity contribution in [2.75, 3.05) is 6.61 Å². The third-order valence-electron chi connectivity index (χ3n) is 3.68. The highest BCUT2D eigenvalue weighted by Crippen LogP contribution is 2.35. The van der Waals surface area contributed by atoms with E-state index in [0.29, 0.717) is 22.7 Å². The number of rotatable bonds is 4. The molecule has 0 unspecified atom stereocenters. The fourth-order valence-electron chi connectivity index (χ4n) is 2.51. The van der Waals surface area contributed by atoms with Gasteiger partial charge in [0.2, 0.25) is 0 Å². The zero-order chi connectivity index (χ0) is 18.0. The second-order valence-corrected chi connectivity index (χ2v) is 5.81. The van der Waals surface area contributed by atoms with Crippen LogP contribution in [0.2, 0.25) is 5.02 Å². The summed E-state index contributed by atoms with van der Waals surface area (Å²) in [6.07, 6.45) is 1.66. The summed E-state index contributed by atoms with van der Waals surface area (Å²) in [4.78, 5) is 12.7. The molecule has 0 aliphatic carbocycles. The van der Waals surface area contributed by atoms with Gasteiger partial charge in [0.25, 0.3) is 5.56 Å². The van der Waals surface area contributed by atoms with Gasteiger partial charge in [-0.2, -0.15) is 0 Å². The summed E-state index contributed by atoms with van der Waals surface area (Å²) >= 11 is 6.04. The fourth-order valence-corrected chi connectivity index (χ4v) is 2.73. The van der Waals surface area contributed by atoms with E-state index in [0.717, 1.165) is 5.69 Å². The molecule has 3 rings (SSSR count). The number of hydrogen-bond acceptors (Lipinski definition) is 3. The van der Waals surface area contributed by atoms with Crippen LogP contribution in [0.1, 0.15) is 12.5 Å². The van der Waals surface area contributed by atoms with Crippen LogP contribution in [0.4, 0.5) is 0 Å². The molecule has 0 radical (unpaired) electrons. The Hall–Kier alpha value is -2.92. The van der Waals surface area contributed by atoms with Crippen LogP contribution in [0.15, 0.2) is 47.3 Å². The van der Waals surface area contributed by atoms with Crippen LogP contribution in [0.3, 0.4) is 0 Å². The van der Waals surface area contributed by atoms with Gasteiger partial charge in [0, 0.05) is 0 Å². The molecule has 1 heterocycles. The predicted octanol–water partition coefficient (Wildman–Crippen LogP) is 2.16. The highest BCUT2D eigenvalue weighted by Gasteiger charge is 2.10. The van der Waals surface area contributed by atoms with E-state index < -0.39 is 0 Å². The number of phenols is 1. The molecule has 2 aromatic carbocycles. The van der Waals surface area contributed by atoms with Gasteiger partial charge in [-0.1, -0.05) is 36.4 Å². The summed E-state index contributed by atoms with van der Waals surface area (Å²) in [5, 5.41) is 13.9. The number of aromatic hydroxyl groups is 1. The monoisotopic (exact) mass is 356 g/mol. The summed E-state index contributed by atoms with van der Waals surface area (Å²) in [6, 6.07) is 12.4. The molecule has 6 heteroatoms. The van der Waals surface area contributed by atoms with Crippen LogP contribution >= 0.6 is 11.6 Å². The number of para-hydroxylation sites is 1. The fraction of sp³-hybridized carbons (Fsp3) is 0.105. The number of halogens is 1. The van der Waals surface area contributed by atoms with Crippen molar-refractivity contribution in [2.45, 2.75) is 6.92 Å². The largest absolute Gasteiger partial charge is 0.503 e. The Morgan fingerprint density at radius 1 is 1.32 bits per heavy atom. The third kappa shape index (κ3) is 3.32. The lowest BCUT2D eigenvalue weighted by atomic mass is 10.1. The second kappa shape index (κ2) is 6.91. The smallest absolute Gasteiger partial charge is 0.279 e. The Balaban J connectivity index is 2.17. The lowest BCUT2D eigenvalue weighted by molar-refractivity contribution is 0.318. The van der Waals surface area contributed by atoms with Gasteiger partial charge in [-0.15, -0.1) is 0 Å². The summed E-state index contributed by atoms with van der Waals surface area (Å²) in [7, 11) is 0. The number of aromatic nitrogens is 2. The SMILES string of the molecule is C=c1[nH]n(-c2ccccc2)c(=O)/c1=C\c1cc(Cl)c(O)c(OCC)c1. The number of H-pyrrole nitrogens is 1. The first-order valence-electron chi connectivity index (χ1n) is 7.73. The van der Waals surface area contributed by atoms with E-state index in [2.05, 4.69) is 11.7 Å². The van der Waals surface area contributed by atoms with E-state index in [1.54, 1.807) is 18.2 Å². The zero-order valence-corrected chi connectivity index (χ0v) is 14.4. The molecule has 1 aromatic heterocycles. The molecular formula is C19H17ClN2O3. The average Bonchev–Trinajstić information content (AvgIpc) is 2.88. The van der Waals surface area contributed by atoms with E-state index in [1.165, 1.54) is 4.68 Å². The number of aromatic amines is 1. The molecule has 128 valence electrons. The maximum atomic E-state index is 12.7. The van der Waals surface area contributed by atoms with E-state index in [-0.39, 0.29) is 22.1 Å². The lowest BCUT2D eigenvalue weighted by Crippen LogP contribution is -2.33. The first-order chi connectivity index (χ1) is 12.0. The molecule has 0 saturated carbocycles. The second-order valence-electron chi connectivity index (χ2n) is 5.41. The van der Waals surface area contributed by atoms with E-state index in [9.17, 15) is 9.90 Å². The Kier molecular flexibility index (Phi) is 4.67. The molecule has 0 atom stereocenters. The zero-order valence-electron chi connectivity index (χ0n) is 13.6. The predicted molar refractivity (Wildman–Crippen MR) is 99.0 cm³/mol. The minimum Gasteiger partial charge on any atom is -0.503 e. The maximum Gasteiger partial charge on any atom is 0.279 e. The van der Waals surface area contributed by atoms with Crippen LogP contribution in [0.25, 0.3) is 18.3 Å². The van der Waals surface area contributed by atoms with Gasteiger partial charge in [0.1, 0.15) is 0 Å². The van der Waals surface area contributed by atoms with Gasteiger partial charge >= 0.3 is 0 Å². The van der Waals surface area contributed by atoms with Crippen molar-refractivity contribution < 1.29 is 9.84 Å². The van der Waals surface area contributed by atoms with Crippen molar-refractivity contribution in [1.82, 2.24) is 9.78 Å². The lowest BCUT2D eigenvalue weighted by Gasteiger charge is -2.08. The summed E-state index contributed by atoms with van der Waals surface area (Å²) < 4.78 is 6.80. The van der Waals surface area contributed by atoms with E-state index in [1.807, 2.05) is 37.3 Å². The topological polar surface area (TPSA) is 67.2 Å². The van der Waals surface area contributed by atoms with Crippen LogP contribution in [0, 0.1) is 0 Å². The highest BCUT2D eigenvalue weighted by molar-refractivity contribution is 6.32. The number of nitrogens with one attached hydrogen (secondary N) is 1. The Morgan fingerprint density at radius 3 is 2.72 bits per heavy atom. The van der Waals surface area contributed by atoms with Crippen LogP contribution in [-0.2, 0) is 0 Å². The molecule has 5 nitrogen and oxygen atoms in total. The quantitative estimate of drug-likeness (QED) is 0.752. The number of benzene rings is 2. The molecule has 0 amide bonds. The van der Waals surface area contributed by atoms with Crippen LogP contribution < -0.4 is 20.9 Å². The summed E-state index contributed by atoms with van der Waals surface area (Å²) in [6.45, 7) is 6.10. The average molecular weight is 357 g/mol. The molecule has 0 spiro atoms. The Morgan fingerprint density at radius 2 is 2.04 bits per heavy atom. The standard InChI is InChI=1S/C19H17ClN2O3/c1-3-25-17-11-13(10-16(20)18(17)23)9-15-12(2)21-22(19(15)24)14-7-5-4-6-8-14/h4-11,21,23H,2-3H2,1H3/b15-9-. The minimum absolute atomic E-state index is 0.119. The summed E-state index contributed by atoms with van der Waals surface area (Å²) in [5.74, 6) is 0.150. The van der Waals surface area contributed by atoms with Gasteiger partial charge in [-0.05, 0) is 42.8 Å².